The first-order valence-corrected chi connectivity index (χ1v) is 7.89. The van der Waals surface area contributed by atoms with E-state index in [2.05, 4.69) is 29.6 Å². The summed E-state index contributed by atoms with van der Waals surface area (Å²) >= 11 is 0. The summed E-state index contributed by atoms with van der Waals surface area (Å²) in [7, 11) is 0. The molecule has 0 amide bonds. The van der Waals surface area contributed by atoms with Crippen molar-refractivity contribution in [3.8, 4) is 0 Å². The normalized spacial score (nSPS) is 32.2. The first kappa shape index (κ1) is 13.1. The van der Waals surface area contributed by atoms with Crippen LogP contribution in [0.5, 0.6) is 0 Å². The number of hydrogen-bond donors (Lipinski definition) is 2. The second kappa shape index (κ2) is 6.06. The van der Waals surface area contributed by atoms with Crippen molar-refractivity contribution in [2.24, 2.45) is 5.73 Å². The van der Waals surface area contributed by atoms with Gasteiger partial charge >= 0.3 is 0 Å². The van der Waals surface area contributed by atoms with Crippen molar-refractivity contribution in [1.82, 2.24) is 5.32 Å². The van der Waals surface area contributed by atoms with Gasteiger partial charge in [0.15, 0.2) is 0 Å². The van der Waals surface area contributed by atoms with Crippen molar-refractivity contribution < 1.29 is 0 Å². The summed E-state index contributed by atoms with van der Waals surface area (Å²) in [6, 6.07) is 9.91. The Hall–Kier alpha value is -0.860. The lowest BCUT2D eigenvalue weighted by Gasteiger charge is -2.27. The van der Waals surface area contributed by atoms with Crippen molar-refractivity contribution >= 4 is 0 Å². The molecule has 2 heteroatoms. The third-order valence-corrected chi connectivity index (χ3v) is 4.95. The monoisotopic (exact) mass is 258 g/mol. The third-order valence-electron chi connectivity index (χ3n) is 4.95. The molecule has 1 saturated carbocycles. The van der Waals surface area contributed by atoms with Crippen LogP contribution in [0, 0.1) is 0 Å². The fourth-order valence-electron chi connectivity index (χ4n) is 3.63. The lowest BCUT2D eigenvalue weighted by atomic mass is 9.81. The lowest BCUT2D eigenvalue weighted by Crippen LogP contribution is -2.28. The second-order valence-electron chi connectivity index (χ2n) is 6.32. The zero-order valence-corrected chi connectivity index (χ0v) is 11.8. The predicted octanol–water partition coefficient (Wildman–Crippen LogP) is 3.14. The van der Waals surface area contributed by atoms with Gasteiger partial charge in [-0.1, -0.05) is 24.3 Å². The van der Waals surface area contributed by atoms with E-state index in [0.29, 0.717) is 6.04 Å². The summed E-state index contributed by atoms with van der Waals surface area (Å²) in [5, 5.41) is 3.50. The van der Waals surface area contributed by atoms with E-state index in [9.17, 15) is 0 Å². The van der Waals surface area contributed by atoms with E-state index in [4.69, 9.17) is 5.73 Å². The number of rotatable bonds is 2. The van der Waals surface area contributed by atoms with E-state index in [-0.39, 0.29) is 0 Å². The van der Waals surface area contributed by atoms with Gasteiger partial charge in [0.05, 0.1) is 0 Å². The smallest absolute Gasteiger partial charge is 0.00392 e. The Labute approximate surface area is 116 Å². The SMILES string of the molecule is NC1CCC(c2ccc(C3CCCNC3)cc2)CC1. The Bertz CT molecular complexity index is 384. The van der Waals surface area contributed by atoms with Crippen LogP contribution in [-0.2, 0) is 0 Å². The molecule has 1 unspecified atom stereocenters. The van der Waals surface area contributed by atoms with Crippen LogP contribution in [0.4, 0.5) is 0 Å². The Balaban J connectivity index is 1.65. The standard InChI is InChI=1S/C17H26N2/c18-17-9-7-14(8-10-17)13-3-5-15(6-4-13)16-2-1-11-19-12-16/h3-6,14,16-17,19H,1-2,7-12,18H2. The molecule has 104 valence electrons. The summed E-state index contributed by atoms with van der Waals surface area (Å²) in [6.07, 6.45) is 7.58. The quantitative estimate of drug-likeness (QED) is 0.855. The van der Waals surface area contributed by atoms with E-state index < -0.39 is 0 Å². The Morgan fingerprint density at radius 2 is 1.47 bits per heavy atom. The topological polar surface area (TPSA) is 38.0 Å². The van der Waals surface area contributed by atoms with E-state index in [1.54, 1.807) is 0 Å². The highest BCUT2D eigenvalue weighted by Gasteiger charge is 2.20. The number of hydrogen-bond acceptors (Lipinski definition) is 2. The van der Waals surface area contributed by atoms with Gasteiger partial charge in [0, 0.05) is 12.6 Å². The number of nitrogens with one attached hydrogen (secondary N) is 1. The van der Waals surface area contributed by atoms with Gasteiger partial charge in [0.25, 0.3) is 0 Å². The predicted molar refractivity (Wildman–Crippen MR) is 80.5 cm³/mol. The van der Waals surface area contributed by atoms with E-state index in [1.807, 2.05) is 0 Å². The summed E-state index contributed by atoms with van der Waals surface area (Å²) in [4.78, 5) is 0. The van der Waals surface area contributed by atoms with Crippen LogP contribution in [-0.4, -0.2) is 19.1 Å². The zero-order valence-electron chi connectivity index (χ0n) is 11.8. The van der Waals surface area contributed by atoms with Crippen molar-refractivity contribution in [2.45, 2.75) is 56.4 Å². The Morgan fingerprint density at radius 3 is 2.05 bits per heavy atom. The zero-order chi connectivity index (χ0) is 13.1. The largest absolute Gasteiger partial charge is 0.328 e. The van der Waals surface area contributed by atoms with E-state index in [1.165, 1.54) is 56.2 Å². The Kier molecular flexibility index (Phi) is 4.19. The Morgan fingerprint density at radius 1 is 0.842 bits per heavy atom. The minimum atomic E-state index is 0.448. The van der Waals surface area contributed by atoms with E-state index >= 15 is 0 Å². The van der Waals surface area contributed by atoms with Crippen molar-refractivity contribution in [3.05, 3.63) is 35.4 Å². The molecule has 1 aliphatic carbocycles. The molecule has 19 heavy (non-hydrogen) atoms. The minimum absolute atomic E-state index is 0.448. The van der Waals surface area contributed by atoms with Gasteiger partial charge in [-0.05, 0) is 68.0 Å². The molecule has 1 aliphatic heterocycles. The van der Waals surface area contributed by atoms with Gasteiger partial charge in [-0.2, -0.15) is 0 Å². The molecule has 1 aromatic rings. The summed E-state index contributed by atoms with van der Waals surface area (Å²) < 4.78 is 0. The third kappa shape index (κ3) is 3.18. The highest BCUT2D eigenvalue weighted by molar-refractivity contribution is 5.28. The lowest BCUT2D eigenvalue weighted by molar-refractivity contribution is 0.395. The highest BCUT2D eigenvalue weighted by atomic mass is 14.9. The number of benzene rings is 1. The average Bonchev–Trinajstić information content (AvgIpc) is 2.49. The van der Waals surface area contributed by atoms with Crippen LogP contribution >= 0.6 is 0 Å². The van der Waals surface area contributed by atoms with Crippen LogP contribution in [0.2, 0.25) is 0 Å². The van der Waals surface area contributed by atoms with Crippen molar-refractivity contribution in [1.29, 1.82) is 0 Å². The molecule has 1 atom stereocenters. The average molecular weight is 258 g/mol. The molecular weight excluding hydrogens is 232 g/mol. The molecule has 0 aromatic heterocycles. The summed E-state index contributed by atoms with van der Waals surface area (Å²) in [5.74, 6) is 1.47. The van der Waals surface area contributed by atoms with Gasteiger partial charge in [0.1, 0.15) is 0 Å². The van der Waals surface area contributed by atoms with Crippen LogP contribution < -0.4 is 11.1 Å². The molecule has 1 aromatic carbocycles. The second-order valence-corrected chi connectivity index (χ2v) is 6.32. The van der Waals surface area contributed by atoms with Crippen molar-refractivity contribution in [2.75, 3.05) is 13.1 Å². The molecule has 3 rings (SSSR count). The summed E-state index contributed by atoms with van der Waals surface area (Å²) in [6.45, 7) is 2.34. The van der Waals surface area contributed by atoms with Gasteiger partial charge in [-0.3, -0.25) is 0 Å². The number of nitrogens with two attached hydrogens (primary N) is 1. The first-order valence-electron chi connectivity index (χ1n) is 7.89. The van der Waals surface area contributed by atoms with Crippen LogP contribution in [0.3, 0.4) is 0 Å². The van der Waals surface area contributed by atoms with Crippen LogP contribution in [0.15, 0.2) is 24.3 Å². The van der Waals surface area contributed by atoms with Crippen LogP contribution in [0.1, 0.15) is 61.5 Å². The molecule has 2 nitrogen and oxygen atoms in total. The fourth-order valence-corrected chi connectivity index (χ4v) is 3.63. The number of piperidine rings is 1. The van der Waals surface area contributed by atoms with Crippen LogP contribution in [0.25, 0.3) is 0 Å². The maximum atomic E-state index is 5.99. The molecule has 2 aliphatic rings. The maximum Gasteiger partial charge on any atom is 0.00392 e. The van der Waals surface area contributed by atoms with Crippen molar-refractivity contribution in [3.63, 3.8) is 0 Å². The minimum Gasteiger partial charge on any atom is -0.328 e. The molecule has 2 fully saturated rings. The van der Waals surface area contributed by atoms with E-state index in [0.717, 1.165) is 18.4 Å². The molecule has 1 saturated heterocycles. The highest BCUT2D eigenvalue weighted by Crippen LogP contribution is 2.33. The fraction of sp³-hybridized carbons (Fsp3) is 0.647. The molecule has 0 bridgehead atoms. The maximum absolute atomic E-state index is 5.99. The molecule has 0 spiro atoms. The first-order chi connectivity index (χ1) is 9.33. The summed E-state index contributed by atoms with van der Waals surface area (Å²) in [5.41, 5.74) is 9.03. The molecule has 0 radical (unpaired) electrons. The van der Waals surface area contributed by atoms with Gasteiger partial charge in [-0.25, -0.2) is 0 Å². The molecule has 1 heterocycles. The van der Waals surface area contributed by atoms with Gasteiger partial charge in [-0.15, -0.1) is 0 Å². The van der Waals surface area contributed by atoms with Gasteiger partial charge in [0.2, 0.25) is 0 Å². The molecule has 3 N–H and O–H groups in total. The van der Waals surface area contributed by atoms with Gasteiger partial charge < -0.3 is 11.1 Å². The molecular formula is C17H26N2.